The molecule has 0 aliphatic carbocycles. The van der Waals surface area contributed by atoms with E-state index in [1.807, 2.05) is 0 Å². The molecule has 1 heteroatoms. The number of benzene rings is 3. The van der Waals surface area contributed by atoms with Crippen molar-refractivity contribution in [2.75, 3.05) is 0 Å². The van der Waals surface area contributed by atoms with Crippen molar-refractivity contribution in [2.24, 2.45) is 0 Å². The van der Waals surface area contributed by atoms with Crippen LogP contribution < -0.4 is 0 Å². The Balaban J connectivity index is 0.00000132. The minimum atomic E-state index is 0. The van der Waals surface area contributed by atoms with Crippen LogP contribution in [0.4, 0.5) is 0 Å². The van der Waals surface area contributed by atoms with Crippen LogP contribution >= 0.6 is 0 Å². The maximum atomic E-state index is 2.28. The molecule has 4 rings (SSSR count). The molecule has 0 saturated carbocycles. The first-order valence-electron chi connectivity index (χ1n) is 6.96. The topological polar surface area (TPSA) is 0 Å². The van der Waals surface area contributed by atoms with Crippen LogP contribution in [0.15, 0.2) is 72.8 Å². The molecule has 0 amide bonds. The summed E-state index contributed by atoms with van der Waals surface area (Å²) in [4.78, 5) is 0. The summed E-state index contributed by atoms with van der Waals surface area (Å²) in [6.45, 7) is 2.16. The molecule has 0 N–H and O–H groups in total. The third-order valence-corrected chi connectivity index (χ3v) is 3.96. The summed E-state index contributed by atoms with van der Waals surface area (Å²) in [6.07, 6.45) is 0. The van der Waals surface area contributed by atoms with Gasteiger partial charge in [0, 0.05) is 26.2 Å². The molecule has 0 nitrogen and oxygen atoms in total. The predicted octanol–water partition coefficient (Wildman–Crippen LogP) is 5.68. The van der Waals surface area contributed by atoms with Gasteiger partial charge in [-0.05, 0) is 22.4 Å². The minimum absolute atomic E-state index is 0. The van der Waals surface area contributed by atoms with Crippen molar-refractivity contribution in [3.8, 4) is 11.1 Å². The third kappa shape index (κ3) is 2.51. The molecule has 21 heavy (non-hydrogen) atoms. The standard InChI is InChI=1S/C20H15.Zr/c1-14-11-17-7-4-8-19(20(17)12-14)18-10-9-15-5-2-3-6-16(15)13-18;/h2-13H,1H3;/q-1;. The Hall–Kier alpha value is -1.59. The van der Waals surface area contributed by atoms with Gasteiger partial charge >= 0.3 is 0 Å². The second-order valence-corrected chi connectivity index (χ2v) is 5.40. The molecule has 0 aliphatic rings. The normalized spacial score (nSPS) is 10.7. The van der Waals surface area contributed by atoms with Crippen molar-refractivity contribution in [3.63, 3.8) is 0 Å². The van der Waals surface area contributed by atoms with Gasteiger partial charge < -0.3 is 0 Å². The van der Waals surface area contributed by atoms with Crippen LogP contribution in [0.2, 0.25) is 0 Å². The number of hydrogen-bond acceptors (Lipinski definition) is 0. The maximum Gasteiger partial charge on any atom is 0 e. The van der Waals surface area contributed by atoms with Crippen LogP contribution in [0.25, 0.3) is 32.7 Å². The average molecular weight is 347 g/mol. The van der Waals surface area contributed by atoms with Gasteiger partial charge in [0.05, 0.1) is 0 Å². The number of rotatable bonds is 1. The van der Waals surface area contributed by atoms with E-state index in [9.17, 15) is 0 Å². The largest absolute Gasteiger partial charge is 0.165 e. The molecule has 4 aromatic rings. The Morgan fingerprint density at radius 1 is 0.762 bits per heavy atom. The smallest absolute Gasteiger partial charge is 0 e. The zero-order valence-corrected chi connectivity index (χ0v) is 14.4. The maximum absolute atomic E-state index is 2.28. The van der Waals surface area contributed by atoms with Crippen molar-refractivity contribution >= 4 is 21.5 Å². The van der Waals surface area contributed by atoms with Crippen molar-refractivity contribution in [1.29, 1.82) is 0 Å². The Morgan fingerprint density at radius 2 is 1.57 bits per heavy atom. The van der Waals surface area contributed by atoms with Crippen LogP contribution in [0.5, 0.6) is 0 Å². The van der Waals surface area contributed by atoms with Crippen LogP contribution in [-0.2, 0) is 26.2 Å². The average Bonchev–Trinajstić information content (AvgIpc) is 2.86. The quantitative estimate of drug-likeness (QED) is 0.389. The first-order valence-corrected chi connectivity index (χ1v) is 6.96. The Bertz CT molecular complexity index is 915. The fourth-order valence-electron chi connectivity index (χ4n) is 2.99. The molecular formula is C20H15Zr-. The van der Waals surface area contributed by atoms with Crippen LogP contribution in [0.1, 0.15) is 5.56 Å². The SMILES string of the molecule is Cc1cc2c(-c3ccc4ccccc4c3)cccc2[cH-]1.[Zr]. The summed E-state index contributed by atoms with van der Waals surface area (Å²) in [5.41, 5.74) is 3.94. The van der Waals surface area contributed by atoms with Gasteiger partial charge in [0.2, 0.25) is 0 Å². The van der Waals surface area contributed by atoms with Gasteiger partial charge in [-0.1, -0.05) is 55.0 Å². The molecule has 0 fully saturated rings. The van der Waals surface area contributed by atoms with E-state index in [0.717, 1.165) is 0 Å². The Labute approximate surface area is 143 Å². The zero-order valence-electron chi connectivity index (χ0n) is 11.9. The van der Waals surface area contributed by atoms with E-state index < -0.39 is 0 Å². The predicted molar refractivity (Wildman–Crippen MR) is 87.2 cm³/mol. The third-order valence-electron chi connectivity index (χ3n) is 3.96. The van der Waals surface area contributed by atoms with E-state index in [1.165, 1.54) is 38.2 Å². The monoisotopic (exact) mass is 345 g/mol. The van der Waals surface area contributed by atoms with Crippen LogP contribution in [-0.4, -0.2) is 0 Å². The summed E-state index contributed by atoms with van der Waals surface area (Å²) in [5.74, 6) is 0. The summed E-state index contributed by atoms with van der Waals surface area (Å²) in [5, 5.41) is 5.26. The van der Waals surface area contributed by atoms with Gasteiger partial charge in [-0.25, -0.2) is 0 Å². The van der Waals surface area contributed by atoms with E-state index in [4.69, 9.17) is 0 Å². The molecule has 0 unspecified atom stereocenters. The Kier molecular flexibility index (Phi) is 3.87. The summed E-state index contributed by atoms with van der Waals surface area (Å²) < 4.78 is 0. The molecule has 0 heterocycles. The van der Waals surface area contributed by atoms with Gasteiger partial charge in [0.15, 0.2) is 0 Å². The number of hydrogen-bond donors (Lipinski definition) is 0. The number of fused-ring (bicyclic) bond motifs is 2. The summed E-state index contributed by atoms with van der Waals surface area (Å²) >= 11 is 0. The second kappa shape index (κ2) is 5.66. The van der Waals surface area contributed by atoms with E-state index in [0.29, 0.717) is 0 Å². The molecule has 100 valence electrons. The van der Waals surface area contributed by atoms with E-state index >= 15 is 0 Å². The van der Waals surface area contributed by atoms with Gasteiger partial charge in [0.1, 0.15) is 0 Å². The fourth-order valence-corrected chi connectivity index (χ4v) is 2.99. The van der Waals surface area contributed by atoms with Crippen LogP contribution in [0.3, 0.4) is 0 Å². The molecule has 0 saturated heterocycles. The van der Waals surface area contributed by atoms with Gasteiger partial charge in [-0.3, -0.25) is 0 Å². The first kappa shape index (κ1) is 14.4. The van der Waals surface area contributed by atoms with E-state index in [1.54, 1.807) is 0 Å². The molecule has 0 radical (unpaired) electrons. The molecule has 0 spiro atoms. The molecule has 0 aromatic heterocycles. The van der Waals surface area contributed by atoms with Gasteiger partial charge in [0.25, 0.3) is 0 Å². The fraction of sp³-hybridized carbons (Fsp3) is 0.0500. The van der Waals surface area contributed by atoms with Crippen molar-refractivity contribution in [2.45, 2.75) is 6.92 Å². The molecule has 0 atom stereocenters. The Morgan fingerprint density at radius 3 is 2.43 bits per heavy atom. The zero-order chi connectivity index (χ0) is 13.5. The van der Waals surface area contributed by atoms with Crippen molar-refractivity contribution in [3.05, 3.63) is 78.4 Å². The van der Waals surface area contributed by atoms with Crippen molar-refractivity contribution < 1.29 is 26.2 Å². The molecule has 0 bridgehead atoms. The molecule has 0 aliphatic heterocycles. The number of aryl methyl sites for hydroxylation is 1. The second-order valence-electron chi connectivity index (χ2n) is 5.40. The van der Waals surface area contributed by atoms with Gasteiger partial charge in [-0.15, -0.1) is 34.5 Å². The first-order chi connectivity index (χ1) is 9.81. The van der Waals surface area contributed by atoms with E-state index in [-0.39, 0.29) is 26.2 Å². The van der Waals surface area contributed by atoms with Crippen molar-refractivity contribution in [1.82, 2.24) is 0 Å². The summed E-state index contributed by atoms with van der Waals surface area (Å²) in [6, 6.07) is 26.3. The molecule has 4 aromatic carbocycles. The van der Waals surface area contributed by atoms with Crippen LogP contribution in [0, 0.1) is 6.92 Å². The van der Waals surface area contributed by atoms with Gasteiger partial charge in [-0.2, -0.15) is 6.07 Å². The minimum Gasteiger partial charge on any atom is -0.165 e. The molecular weight excluding hydrogens is 331 g/mol. The van der Waals surface area contributed by atoms with E-state index in [2.05, 4.69) is 79.7 Å². The summed E-state index contributed by atoms with van der Waals surface area (Å²) in [7, 11) is 0.